The van der Waals surface area contributed by atoms with Crippen molar-refractivity contribution in [2.75, 3.05) is 6.61 Å². The van der Waals surface area contributed by atoms with Gasteiger partial charge in [0.1, 0.15) is 0 Å². The molecule has 2 aromatic rings. The van der Waals surface area contributed by atoms with E-state index in [0.717, 1.165) is 23.1 Å². The number of hydrogen-bond acceptors (Lipinski definition) is 4. The molecular formula is C18H20N2O3. The third kappa shape index (κ3) is 5.21. The van der Waals surface area contributed by atoms with Gasteiger partial charge in [0.2, 0.25) is 0 Å². The Bertz CT molecular complexity index is 666. The Labute approximate surface area is 135 Å². The van der Waals surface area contributed by atoms with Crippen molar-refractivity contribution in [2.45, 2.75) is 20.4 Å². The Morgan fingerprint density at radius 3 is 2.78 bits per heavy atom. The number of alkyl carbamates (subject to hydrolysis) is 1. The van der Waals surface area contributed by atoms with E-state index >= 15 is 0 Å². The van der Waals surface area contributed by atoms with Crippen LogP contribution in [0.25, 0.3) is 11.3 Å². The molecule has 1 aromatic heterocycles. The largest absolute Gasteiger partial charge is 0.449 e. The number of aromatic nitrogens is 1. The summed E-state index contributed by atoms with van der Waals surface area (Å²) in [6.07, 6.45) is 1.88. The van der Waals surface area contributed by atoms with Crippen molar-refractivity contribution in [3.63, 3.8) is 0 Å². The first kappa shape index (κ1) is 16.7. The quantitative estimate of drug-likeness (QED) is 0.830. The smallest absolute Gasteiger partial charge is 0.407 e. The normalized spacial score (nSPS) is 10.4. The molecule has 1 amide bonds. The minimum absolute atomic E-state index is 0.310. The fourth-order valence-electron chi connectivity index (χ4n) is 1.95. The second kappa shape index (κ2) is 8.08. The fraction of sp³-hybridized carbons (Fsp3) is 0.278. The number of nitrogens with zero attached hydrogens (tertiary/aromatic N) is 1. The van der Waals surface area contributed by atoms with Crippen LogP contribution in [0.4, 0.5) is 4.79 Å². The first-order valence-electron chi connectivity index (χ1n) is 7.49. The van der Waals surface area contributed by atoms with E-state index in [1.54, 1.807) is 12.1 Å². The van der Waals surface area contributed by atoms with E-state index in [2.05, 4.69) is 10.3 Å². The van der Waals surface area contributed by atoms with E-state index in [9.17, 15) is 9.59 Å². The molecule has 23 heavy (non-hydrogen) atoms. The number of pyridine rings is 1. The Morgan fingerprint density at radius 1 is 1.30 bits per heavy atom. The Morgan fingerprint density at radius 2 is 2.13 bits per heavy atom. The summed E-state index contributed by atoms with van der Waals surface area (Å²) in [5.74, 6) is 0.310. The topological polar surface area (TPSA) is 68.3 Å². The first-order chi connectivity index (χ1) is 11.1. The van der Waals surface area contributed by atoms with Crippen molar-refractivity contribution < 1.29 is 14.3 Å². The maximum atomic E-state index is 11.6. The zero-order chi connectivity index (χ0) is 16.7. The van der Waals surface area contributed by atoms with Gasteiger partial charge in [-0.05, 0) is 29.7 Å². The van der Waals surface area contributed by atoms with Crippen LogP contribution in [-0.4, -0.2) is 24.0 Å². The summed E-state index contributed by atoms with van der Waals surface area (Å²) in [7, 11) is 0. The lowest BCUT2D eigenvalue weighted by molar-refractivity contribution is 0.112. The van der Waals surface area contributed by atoms with Crippen LogP contribution in [0.1, 0.15) is 29.8 Å². The second-order valence-electron chi connectivity index (χ2n) is 5.64. The molecule has 0 unspecified atom stereocenters. The summed E-state index contributed by atoms with van der Waals surface area (Å²) < 4.78 is 5.07. The molecule has 0 spiro atoms. The van der Waals surface area contributed by atoms with E-state index in [0.29, 0.717) is 24.6 Å². The summed E-state index contributed by atoms with van der Waals surface area (Å²) in [5.41, 5.74) is 3.20. The predicted molar refractivity (Wildman–Crippen MR) is 88.1 cm³/mol. The standard InChI is InChI=1S/C18H20N2O3/c1-13(2)12-23-18(22)20-9-14-4-3-5-16(8-14)17-7-6-15(11-21)10-19-17/h3-8,10-11,13H,9,12H2,1-2H3,(H,20,22). The molecular weight excluding hydrogens is 292 g/mol. The average Bonchev–Trinajstić information content (AvgIpc) is 2.58. The van der Waals surface area contributed by atoms with Gasteiger partial charge in [-0.1, -0.05) is 32.0 Å². The van der Waals surface area contributed by atoms with Crippen LogP contribution in [0.3, 0.4) is 0 Å². The highest BCUT2D eigenvalue weighted by molar-refractivity contribution is 5.75. The van der Waals surface area contributed by atoms with Crippen LogP contribution in [0, 0.1) is 5.92 Å². The first-order valence-corrected chi connectivity index (χ1v) is 7.49. The van der Waals surface area contributed by atoms with Gasteiger partial charge in [0.15, 0.2) is 6.29 Å². The number of ether oxygens (including phenoxy) is 1. The Balaban J connectivity index is 1.99. The highest BCUT2D eigenvalue weighted by atomic mass is 16.5. The average molecular weight is 312 g/mol. The van der Waals surface area contributed by atoms with Crippen LogP contribution < -0.4 is 5.32 Å². The fourth-order valence-corrected chi connectivity index (χ4v) is 1.95. The molecule has 0 fully saturated rings. The van der Waals surface area contributed by atoms with E-state index in [4.69, 9.17) is 4.74 Å². The number of amides is 1. The van der Waals surface area contributed by atoms with Gasteiger partial charge in [-0.2, -0.15) is 0 Å². The van der Waals surface area contributed by atoms with Crippen molar-refractivity contribution in [1.29, 1.82) is 0 Å². The van der Waals surface area contributed by atoms with E-state index in [1.807, 2.05) is 38.1 Å². The Kier molecular flexibility index (Phi) is 5.86. The summed E-state index contributed by atoms with van der Waals surface area (Å²) in [6, 6.07) is 11.2. The van der Waals surface area contributed by atoms with Gasteiger partial charge >= 0.3 is 6.09 Å². The number of hydrogen-bond donors (Lipinski definition) is 1. The molecule has 120 valence electrons. The lowest BCUT2D eigenvalue weighted by Gasteiger charge is -2.09. The lowest BCUT2D eigenvalue weighted by Crippen LogP contribution is -2.25. The number of carbonyl (C=O) groups excluding carboxylic acids is 2. The monoisotopic (exact) mass is 312 g/mol. The molecule has 0 radical (unpaired) electrons. The summed E-state index contributed by atoms with van der Waals surface area (Å²) in [6.45, 7) is 4.76. The molecule has 0 aliphatic rings. The molecule has 0 aliphatic heterocycles. The third-order valence-electron chi connectivity index (χ3n) is 3.13. The van der Waals surface area contributed by atoms with Crippen molar-refractivity contribution >= 4 is 12.4 Å². The van der Waals surface area contributed by atoms with E-state index in [1.165, 1.54) is 6.20 Å². The van der Waals surface area contributed by atoms with Crippen molar-refractivity contribution in [2.24, 2.45) is 5.92 Å². The molecule has 1 heterocycles. The lowest BCUT2D eigenvalue weighted by atomic mass is 10.1. The van der Waals surface area contributed by atoms with Gasteiger partial charge in [0.05, 0.1) is 12.3 Å². The minimum atomic E-state index is -0.419. The number of carbonyl (C=O) groups is 2. The highest BCUT2D eigenvalue weighted by Gasteiger charge is 2.05. The molecule has 1 aromatic carbocycles. The van der Waals surface area contributed by atoms with E-state index < -0.39 is 6.09 Å². The van der Waals surface area contributed by atoms with Crippen molar-refractivity contribution in [3.8, 4) is 11.3 Å². The van der Waals surface area contributed by atoms with Crippen LogP contribution in [0.15, 0.2) is 42.6 Å². The molecule has 2 rings (SSSR count). The van der Waals surface area contributed by atoms with Gasteiger partial charge in [-0.15, -0.1) is 0 Å². The molecule has 0 saturated carbocycles. The molecule has 0 aliphatic carbocycles. The number of rotatable bonds is 6. The van der Waals surface area contributed by atoms with Crippen molar-refractivity contribution in [1.82, 2.24) is 10.3 Å². The summed E-state index contributed by atoms with van der Waals surface area (Å²) >= 11 is 0. The van der Waals surface area contributed by atoms with Gasteiger partial charge in [-0.25, -0.2) is 4.79 Å². The second-order valence-corrected chi connectivity index (χ2v) is 5.64. The Hall–Kier alpha value is -2.69. The van der Waals surface area contributed by atoms with Gasteiger partial charge in [-0.3, -0.25) is 9.78 Å². The number of nitrogens with one attached hydrogen (secondary N) is 1. The molecule has 0 atom stereocenters. The summed E-state index contributed by atoms with van der Waals surface area (Å²) in [4.78, 5) is 26.5. The number of aldehydes is 1. The zero-order valence-electron chi connectivity index (χ0n) is 13.3. The third-order valence-corrected chi connectivity index (χ3v) is 3.13. The van der Waals surface area contributed by atoms with Gasteiger partial charge < -0.3 is 10.1 Å². The van der Waals surface area contributed by atoms with Crippen LogP contribution in [-0.2, 0) is 11.3 Å². The van der Waals surface area contributed by atoms with Gasteiger partial charge in [0, 0.05) is 23.9 Å². The van der Waals surface area contributed by atoms with Crippen LogP contribution in [0.5, 0.6) is 0 Å². The van der Waals surface area contributed by atoms with Crippen molar-refractivity contribution in [3.05, 3.63) is 53.7 Å². The number of benzene rings is 1. The molecule has 1 N–H and O–H groups in total. The molecule has 0 bridgehead atoms. The zero-order valence-corrected chi connectivity index (χ0v) is 13.3. The minimum Gasteiger partial charge on any atom is -0.449 e. The van der Waals surface area contributed by atoms with Crippen LogP contribution in [0.2, 0.25) is 0 Å². The predicted octanol–water partition coefficient (Wildman–Crippen LogP) is 3.44. The maximum absolute atomic E-state index is 11.6. The molecule has 5 heteroatoms. The molecule has 5 nitrogen and oxygen atoms in total. The van der Waals surface area contributed by atoms with Gasteiger partial charge in [0.25, 0.3) is 0 Å². The maximum Gasteiger partial charge on any atom is 0.407 e. The van der Waals surface area contributed by atoms with Crippen LogP contribution >= 0.6 is 0 Å². The highest BCUT2D eigenvalue weighted by Crippen LogP contribution is 2.18. The van der Waals surface area contributed by atoms with E-state index in [-0.39, 0.29) is 0 Å². The summed E-state index contributed by atoms with van der Waals surface area (Å²) in [5, 5.41) is 2.72. The molecule has 0 saturated heterocycles. The SMILES string of the molecule is CC(C)COC(=O)NCc1cccc(-c2ccc(C=O)cn2)c1.